The smallest absolute Gasteiger partial charge is 0.0705 e. The van der Waals surface area contributed by atoms with Gasteiger partial charge in [-0.1, -0.05) is 42.5 Å². The van der Waals surface area contributed by atoms with E-state index in [1.807, 2.05) is 18.2 Å². The number of nitrogens with zero attached hydrogens (tertiary/aromatic N) is 2. The molecule has 2 aromatic rings. The Bertz CT molecular complexity index is 543. The molecular formula is C15H14N2S. The number of benzene rings is 1. The Hall–Kier alpha value is -1.58. The Kier molecular flexibility index (Phi) is 3.44. The highest BCUT2D eigenvalue weighted by Gasteiger charge is 2.09. The summed E-state index contributed by atoms with van der Waals surface area (Å²) in [5.74, 6) is 0. The fourth-order valence-electron chi connectivity index (χ4n) is 1.95. The fraction of sp³-hybridized carbons (Fsp3) is 0.133. The Morgan fingerprint density at radius 2 is 1.94 bits per heavy atom. The van der Waals surface area contributed by atoms with Crippen LogP contribution in [0.1, 0.15) is 5.69 Å². The molecular weight excluding hydrogens is 240 g/mol. The first-order valence-electron chi connectivity index (χ1n) is 6.00. The van der Waals surface area contributed by atoms with Gasteiger partial charge in [0.25, 0.3) is 0 Å². The lowest BCUT2D eigenvalue weighted by Crippen LogP contribution is -2.12. The van der Waals surface area contributed by atoms with Gasteiger partial charge in [-0.3, -0.25) is 4.98 Å². The molecule has 1 aromatic heterocycles. The Morgan fingerprint density at radius 3 is 2.72 bits per heavy atom. The zero-order valence-corrected chi connectivity index (χ0v) is 10.8. The molecule has 90 valence electrons. The fourth-order valence-corrected chi connectivity index (χ4v) is 2.68. The van der Waals surface area contributed by atoms with Gasteiger partial charge < -0.3 is 0 Å². The van der Waals surface area contributed by atoms with Crippen molar-refractivity contribution in [3.63, 3.8) is 0 Å². The van der Waals surface area contributed by atoms with Crippen molar-refractivity contribution < 1.29 is 0 Å². The van der Waals surface area contributed by atoms with Crippen LogP contribution in [0.3, 0.4) is 0 Å². The van der Waals surface area contributed by atoms with Gasteiger partial charge in [0.15, 0.2) is 0 Å². The van der Waals surface area contributed by atoms with Crippen LogP contribution in [0, 0.1) is 0 Å². The maximum atomic E-state index is 4.72. The summed E-state index contributed by atoms with van der Waals surface area (Å²) in [6.45, 7) is 1.89. The molecule has 0 unspecified atom stereocenters. The third-order valence-electron chi connectivity index (χ3n) is 2.83. The zero-order chi connectivity index (χ0) is 12.2. The molecule has 18 heavy (non-hydrogen) atoms. The van der Waals surface area contributed by atoms with E-state index >= 15 is 0 Å². The monoisotopic (exact) mass is 254 g/mol. The number of hydrogen-bond donors (Lipinski definition) is 0. The lowest BCUT2D eigenvalue weighted by Gasteiger charge is -2.13. The third kappa shape index (κ3) is 2.63. The van der Waals surface area contributed by atoms with Crippen LogP contribution in [0.2, 0.25) is 0 Å². The van der Waals surface area contributed by atoms with E-state index < -0.39 is 0 Å². The molecule has 0 saturated carbocycles. The van der Waals surface area contributed by atoms with Gasteiger partial charge in [-0.2, -0.15) is 0 Å². The van der Waals surface area contributed by atoms with Crippen molar-refractivity contribution in [2.45, 2.75) is 6.54 Å². The third-order valence-corrected chi connectivity index (χ3v) is 3.72. The molecule has 0 amide bonds. The first-order chi connectivity index (χ1) is 8.92. The molecule has 2 heterocycles. The summed E-state index contributed by atoms with van der Waals surface area (Å²) in [5, 5.41) is 2.13. The van der Waals surface area contributed by atoms with Gasteiger partial charge in [-0.15, -0.1) is 0 Å². The highest BCUT2D eigenvalue weighted by atomic mass is 32.2. The molecule has 3 heteroatoms. The summed E-state index contributed by atoms with van der Waals surface area (Å²) < 4.78 is 2.29. The van der Waals surface area contributed by atoms with Crippen LogP contribution in [-0.4, -0.2) is 15.8 Å². The molecule has 0 spiro atoms. The van der Waals surface area contributed by atoms with Crippen molar-refractivity contribution in [2.75, 3.05) is 6.54 Å². The van der Waals surface area contributed by atoms with E-state index in [0.29, 0.717) is 0 Å². The molecule has 0 fully saturated rings. The summed E-state index contributed by atoms with van der Waals surface area (Å²) in [4.78, 5) is 4.72. The minimum absolute atomic E-state index is 0.887. The van der Waals surface area contributed by atoms with Gasteiger partial charge in [0, 0.05) is 12.1 Å². The van der Waals surface area contributed by atoms with E-state index in [0.717, 1.165) is 24.5 Å². The van der Waals surface area contributed by atoms with E-state index in [1.165, 1.54) is 5.56 Å². The van der Waals surface area contributed by atoms with E-state index in [-0.39, 0.29) is 0 Å². The normalized spacial score (nSPS) is 15.1. The van der Waals surface area contributed by atoms with Crippen LogP contribution >= 0.6 is 11.9 Å². The van der Waals surface area contributed by atoms with Gasteiger partial charge in [0.2, 0.25) is 0 Å². The van der Waals surface area contributed by atoms with E-state index in [9.17, 15) is 0 Å². The topological polar surface area (TPSA) is 16.1 Å². The SMILES string of the molecule is C1=CSN(Cc2cccc(-c3ccccc3)n2)C1. The van der Waals surface area contributed by atoms with Crippen LogP contribution in [0.5, 0.6) is 0 Å². The number of aromatic nitrogens is 1. The summed E-state index contributed by atoms with van der Waals surface area (Å²) in [7, 11) is 0. The van der Waals surface area contributed by atoms with Crippen LogP contribution in [-0.2, 0) is 6.54 Å². The van der Waals surface area contributed by atoms with Crippen molar-refractivity contribution in [3.05, 3.63) is 65.7 Å². The van der Waals surface area contributed by atoms with E-state index in [2.05, 4.69) is 46.1 Å². The van der Waals surface area contributed by atoms with Crippen molar-refractivity contribution in [1.82, 2.24) is 9.29 Å². The van der Waals surface area contributed by atoms with Gasteiger partial charge in [-0.05, 0) is 29.5 Å². The Labute approximate surface area is 111 Å². The Balaban J connectivity index is 1.81. The molecule has 3 rings (SSSR count). The summed E-state index contributed by atoms with van der Waals surface area (Å²) in [5.41, 5.74) is 3.34. The second-order valence-electron chi connectivity index (χ2n) is 4.18. The predicted molar refractivity (Wildman–Crippen MR) is 76.8 cm³/mol. The van der Waals surface area contributed by atoms with Crippen molar-refractivity contribution in [2.24, 2.45) is 0 Å². The van der Waals surface area contributed by atoms with Crippen molar-refractivity contribution in [3.8, 4) is 11.3 Å². The van der Waals surface area contributed by atoms with Crippen LogP contribution in [0.4, 0.5) is 0 Å². The molecule has 0 saturated heterocycles. The van der Waals surface area contributed by atoms with Crippen LogP contribution < -0.4 is 0 Å². The standard InChI is InChI=1S/C15H14N2S/c1-2-6-13(7-3-1)15-9-4-8-14(16-15)12-17-10-5-11-18-17/h1-9,11H,10,12H2. The van der Waals surface area contributed by atoms with Crippen LogP contribution in [0.15, 0.2) is 60.0 Å². The summed E-state index contributed by atoms with van der Waals surface area (Å²) >= 11 is 1.75. The first-order valence-corrected chi connectivity index (χ1v) is 6.83. The molecule has 1 aliphatic heterocycles. The van der Waals surface area contributed by atoms with Gasteiger partial charge in [-0.25, -0.2) is 4.31 Å². The van der Waals surface area contributed by atoms with E-state index in [4.69, 9.17) is 4.98 Å². The average Bonchev–Trinajstić information content (AvgIpc) is 2.93. The highest BCUT2D eigenvalue weighted by Crippen LogP contribution is 2.22. The second kappa shape index (κ2) is 5.38. The first kappa shape index (κ1) is 11.5. The van der Waals surface area contributed by atoms with E-state index in [1.54, 1.807) is 11.9 Å². The molecule has 0 aliphatic carbocycles. The molecule has 2 nitrogen and oxygen atoms in total. The summed E-state index contributed by atoms with van der Waals surface area (Å²) in [6, 6.07) is 16.5. The molecule has 0 bridgehead atoms. The Morgan fingerprint density at radius 1 is 1.06 bits per heavy atom. The van der Waals surface area contributed by atoms with Gasteiger partial charge in [0.1, 0.15) is 0 Å². The maximum Gasteiger partial charge on any atom is 0.0705 e. The number of pyridine rings is 1. The van der Waals surface area contributed by atoms with Gasteiger partial charge in [0.05, 0.1) is 17.9 Å². The minimum Gasteiger partial charge on any atom is -0.251 e. The van der Waals surface area contributed by atoms with Crippen LogP contribution in [0.25, 0.3) is 11.3 Å². The van der Waals surface area contributed by atoms with Crippen molar-refractivity contribution >= 4 is 11.9 Å². The molecule has 0 radical (unpaired) electrons. The summed E-state index contributed by atoms with van der Waals surface area (Å²) in [6.07, 6.45) is 2.17. The number of hydrogen-bond acceptors (Lipinski definition) is 3. The molecule has 0 N–H and O–H groups in total. The second-order valence-corrected chi connectivity index (χ2v) is 5.18. The quantitative estimate of drug-likeness (QED) is 0.776. The molecule has 1 aliphatic rings. The lowest BCUT2D eigenvalue weighted by molar-refractivity contribution is 0.518. The predicted octanol–water partition coefficient (Wildman–Crippen LogP) is 3.73. The van der Waals surface area contributed by atoms with Gasteiger partial charge >= 0.3 is 0 Å². The highest BCUT2D eigenvalue weighted by molar-refractivity contribution is 8.00. The molecule has 1 aromatic carbocycles. The minimum atomic E-state index is 0.887. The lowest BCUT2D eigenvalue weighted by atomic mass is 10.1. The zero-order valence-electron chi connectivity index (χ0n) is 9.99. The molecule has 0 atom stereocenters. The largest absolute Gasteiger partial charge is 0.251 e. The average molecular weight is 254 g/mol. The van der Waals surface area contributed by atoms with Crippen molar-refractivity contribution in [1.29, 1.82) is 0 Å². The maximum absolute atomic E-state index is 4.72. The number of rotatable bonds is 3.